The fourth-order valence-corrected chi connectivity index (χ4v) is 1.39. The maximum Gasteiger partial charge on any atom is 0.350 e. The Morgan fingerprint density at radius 2 is 2.10 bits per heavy atom. The number of esters is 2. The predicted octanol–water partition coefficient (Wildman–Crippen LogP) is 1.86. The van der Waals surface area contributed by atoms with Crippen LogP contribution in [0.25, 0.3) is 0 Å². The van der Waals surface area contributed by atoms with Crippen molar-refractivity contribution in [3.63, 3.8) is 0 Å². The lowest BCUT2D eigenvalue weighted by atomic mass is 10.2. The largest absolute Gasteiger partial charge is 0.465 e. The van der Waals surface area contributed by atoms with Crippen LogP contribution in [0.3, 0.4) is 0 Å². The molecule has 0 atom stereocenters. The zero-order valence-corrected chi connectivity index (χ0v) is 11.2. The molecular weight excluding hydrogens is 260 g/mol. The maximum atomic E-state index is 11.5. The van der Waals surface area contributed by atoms with Gasteiger partial charge in [0.1, 0.15) is 6.07 Å². The molecular formula is C14H14N2O4. The molecule has 1 N–H and O–H groups in total. The second-order valence-corrected chi connectivity index (χ2v) is 3.57. The third-order valence-corrected chi connectivity index (χ3v) is 2.32. The highest BCUT2D eigenvalue weighted by Gasteiger charge is 2.12. The van der Waals surface area contributed by atoms with E-state index in [0.29, 0.717) is 11.3 Å². The van der Waals surface area contributed by atoms with Crippen LogP contribution < -0.4 is 5.32 Å². The number of nitriles is 1. The van der Waals surface area contributed by atoms with Gasteiger partial charge in [-0.2, -0.15) is 5.26 Å². The SMILES string of the molecule is CCOC(=O)/C(C#N)=C\Nc1ccccc1C(=O)OC. The average molecular weight is 274 g/mol. The van der Waals surface area contributed by atoms with Crippen LogP contribution >= 0.6 is 0 Å². The Balaban J connectivity index is 2.96. The van der Waals surface area contributed by atoms with Crippen LogP contribution in [0.15, 0.2) is 36.0 Å². The van der Waals surface area contributed by atoms with Crippen LogP contribution in [-0.4, -0.2) is 25.7 Å². The minimum Gasteiger partial charge on any atom is -0.465 e. The maximum absolute atomic E-state index is 11.5. The first-order valence-corrected chi connectivity index (χ1v) is 5.85. The van der Waals surface area contributed by atoms with Crippen molar-refractivity contribution in [1.82, 2.24) is 0 Å². The molecule has 20 heavy (non-hydrogen) atoms. The second-order valence-electron chi connectivity index (χ2n) is 3.57. The quantitative estimate of drug-likeness (QED) is 0.501. The summed E-state index contributed by atoms with van der Waals surface area (Å²) in [5, 5.41) is 11.6. The molecule has 6 heteroatoms. The van der Waals surface area contributed by atoms with Crippen molar-refractivity contribution in [3.8, 4) is 6.07 Å². The summed E-state index contributed by atoms with van der Waals surface area (Å²) in [7, 11) is 1.27. The van der Waals surface area contributed by atoms with Crippen molar-refractivity contribution in [2.75, 3.05) is 19.0 Å². The molecule has 1 aromatic carbocycles. The summed E-state index contributed by atoms with van der Waals surface area (Å²) in [5.41, 5.74) is 0.537. The van der Waals surface area contributed by atoms with E-state index < -0.39 is 11.9 Å². The van der Waals surface area contributed by atoms with E-state index in [1.165, 1.54) is 13.3 Å². The number of carbonyl (C=O) groups is 2. The van der Waals surface area contributed by atoms with Gasteiger partial charge in [-0.05, 0) is 19.1 Å². The lowest BCUT2D eigenvalue weighted by molar-refractivity contribution is -0.138. The molecule has 0 aromatic heterocycles. The summed E-state index contributed by atoms with van der Waals surface area (Å²) in [6, 6.07) is 8.31. The molecule has 0 radical (unpaired) electrons. The highest BCUT2D eigenvalue weighted by Crippen LogP contribution is 2.16. The number of para-hydroxylation sites is 1. The van der Waals surface area contributed by atoms with Crippen molar-refractivity contribution in [3.05, 3.63) is 41.6 Å². The van der Waals surface area contributed by atoms with Gasteiger partial charge in [0.2, 0.25) is 0 Å². The number of benzene rings is 1. The average Bonchev–Trinajstić information content (AvgIpc) is 2.47. The zero-order valence-electron chi connectivity index (χ0n) is 11.2. The number of methoxy groups -OCH3 is 1. The third kappa shape index (κ3) is 3.85. The van der Waals surface area contributed by atoms with Gasteiger partial charge in [0.05, 0.1) is 25.0 Å². The molecule has 1 rings (SSSR count). The molecule has 0 unspecified atom stereocenters. The van der Waals surface area contributed by atoms with Gasteiger partial charge in [0, 0.05) is 6.20 Å². The molecule has 0 heterocycles. The van der Waals surface area contributed by atoms with Gasteiger partial charge in [-0.1, -0.05) is 12.1 Å². The standard InChI is InChI=1S/C14H14N2O4/c1-3-20-13(17)10(8-15)9-16-12-7-5-4-6-11(12)14(18)19-2/h4-7,9,16H,3H2,1-2H3/b10-9-. The summed E-state index contributed by atoms with van der Waals surface area (Å²) in [6.07, 6.45) is 1.19. The number of nitrogens with one attached hydrogen (secondary N) is 1. The van der Waals surface area contributed by atoms with Crippen molar-refractivity contribution >= 4 is 17.6 Å². The van der Waals surface area contributed by atoms with Crippen LogP contribution in [0.4, 0.5) is 5.69 Å². The van der Waals surface area contributed by atoms with E-state index in [1.54, 1.807) is 37.3 Å². The first-order chi connectivity index (χ1) is 9.63. The molecule has 0 amide bonds. The van der Waals surface area contributed by atoms with E-state index in [1.807, 2.05) is 0 Å². The fraction of sp³-hybridized carbons (Fsp3) is 0.214. The van der Waals surface area contributed by atoms with Crippen LogP contribution in [0.5, 0.6) is 0 Å². The Morgan fingerprint density at radius 3 is 2.70 bits per heavy atom. The van der Waals surface area contributed by atoms with E-state index in [9.17, 15) is 9.59 Å². The Kier molecular flexibility index (Phi) is 5.78. The number of nitrogens with zero attached hydrogens (tertiary/aromatic N) is 1. The first-order valence-electron chi connectivity index (χ1n) is 5.85. The summed E-state index contributed by atoms with van der Waals surface area (Å²) in [6.45, 7) is 1.82. The van der Waals surface area contributed by atoms with Crippen LogP contribution in [-0.2, 0) is 14.3 Å². The lowest BCUT2D eigenvalue weighted by Gasteiger charge is -2.07. The summed E-state index contributed by atoms with van der Waals surface area (Å²) in [4.78, 5) is 23.0. The van der Waals surface area contributed by atoms with Crippen molar-refractivity contribution in [2.45, 2.75) is 6.92 Å². The Labute approximate surface area is 116 Å². The predicted molar refractivity (Wildman–Crippen MR) is 71.7 cm³/mol. The van der Waals surface area contributed by atoms with Gasteiger partial charge >= 0.3 is 11.9 Å². The summed E-state index contributed by atoms with van der Waals surface area (Å²) in [5.74, 6) is -1.24. The van der Waals surface area contributed by atoms with Crippen molar-refractivity contribution in [2.24, 2.45) is 0 Å². The van der Waals surface area contributed by atoms with Gasteiger partial charge in [-0.15, -0.1) is 0 Å². The third-order valence-electron chi connectivity index (χ3n) is 2.32. The minimum absolute atomic E-state index is 0.177. The van der Waals surface area contributed by atoms with Crippen molar-refractivity contribution in [1.29, 1.82) is 5.26 Å². The molecule has 0 spiro atoms. The zero-order chi connectivity index (χ0) is 15.0. The normalized spacial score (nSPS) is 10.3. The number of anilines is 1. The van der Waals surface area contributed by atoms with E-state index in [-0.39, 0.29) is 12.2 Å². The Morgan fingerprint density at radius 1 is 1.40 bits per heavy atom. The van der Waals surface area contributed by atoms with E-state index in [2.05, 4.69) is 10.1 Å². The Bertz CT molecular complexity index is 573. The fourth-order valence-electron chi connectivity index (χ4n) is 1.39. The molecule has 104 valence electrons. The highest BCUT2D eigenvalue weighted by molar-refractivity contribution is 5.96. The number of rotatable bonds is 5. The molecule has 0 bridgehead atoms. The molecule has 0 saturated heterocycles. The molecule has 0 aliphatic rings. The Hall–Kier alpha value is -2.81. The lowest BCUT2D eigenvalue weighted by Crippen LogP contribution is -2.09. The van der Waals surface area contributed by atoms with Gasteiger partial charge in [-0.3, -0.25) is 0 Å². The number of carbonyl (C=O) groups excluding carboxylic acids is 2. The number of hydrogen-bond donors (Lipinski definition) is 1. The van der Waals surface area contributed by atoms with Gasteiger partial charge < -0.3 is 14.8 Å². The van der Waals surface area contributed by atoms with E-state index in [0.717, 1.165) is 0 Å². The van der Waals surface area contributed by atoms with Crippen LogP contribution in [0, 0.1) is 11.3 Å². The molecule has 0 saturated carbocycles. The number of hydrogen-bond acceptors (Lipinski definition) is 6. The molecule has 0 aliphatic carbocycles. The summed E-state index contributed by atoms with van der Waals surface area (Å²) >= 11 is 0. The monoisotopic (exact) mass is 274 g/mol. The molecule has 6 nitrogen and oxygen atoms in total. The van der Waals surface area contributed by atoms with E-state index in [4.69, 9.17) is 10.00 Å². The minimum atomic E-state index is -0.724. The van der Waals surface area contributed by atoms with Gasteiger partial charge in [-0.25, -0.2) is 9.59 Å². The van der Waals surface area contributed by atoms with Crippen LogP contribution in [0.1, 0.15) is 17.3 Å². The highest BCUT2D eigenvalue weighted by atomic mass is 16.5. The van der Waals surface area contributed by atoms with Crippen LogP contribution in [0.2, 0.25) is 0 Å². The van der Waals surface area contributed by atoms with E-state index >= 15 is 0 Å². The topological polar surface area (TPSA) is 88.4 Å². The van der Waals surface area contributed by atoms with Gasteiger partial charge in [0.15, 0.2) is 5.57 Å². The smallest absolute Gasteiger partial charge is 0.350 e. The second kappa shape index (κ2) is 7.59. The first kappa shape index (κ1) is 15.2. The number of ether oxygens (including phenoxy) is 2. The molecule has 0 aliphatic heterocycles. The van der Waals surface area contributed by atoms with Gasteiger partial charge in [0.25, 0.3) is 0 Å². The molecule has 0 fully saturated rings. The van der Waals surface area contributed by atoms with Crippen molar-refractivity contribution < 1.29 is 19.1 Å². The molecule has 1 aromatic rings. The summed E-state index contributed by atoms with van der Waals surface area (Å²) < 4.78 is 9.36.